The molecule has 0 fully saturated rings. The maximum absolute atomic E-state index is 12.9. The number of thiophene rings is 1. The summed E-state index contributed by atoms with van der Waals surface area (Å²) in [4.78, 5) is 39.2. The Labute approximate surface area is 206 Å². The number of anilines is 1. The molecule has 0 saturated carbocycles. The predicted octanol–water partition coefficient (Wildman–Crippen LogP) is 5.42. The summed E-state index contributed by atoms with van der Waals surface area (Å²) in [7, 11) is 0. The minimum Gasteiger partial charge on any atom is -0.452 e. The molecular formula is C26H21ClN2O4S. The lowest BCUT2D eigenvalue weighted by Crippen LogP contribution is -2.22. The number of hydrogen-bond donors (Lipinski definition) is 1. The first-order valence-corrected chi connectivity index (χ1v) is 12.0. The van der Waals surface area contributed by atoms with Crippen LogP contribution in [0.15, 0.2) is 48.5 Å². The van der Waals surface area contributed by atoms with Crippen LogP contribution in [0.3, 0.4) is 0 Å². The predicted molar refractivity (Wildman–Crippen MR) is 130 cm³/mol. The summed E-state index contributed by atoms with van der Waals surface area (Å²) < 4.78 is 5.20. The number of rotatable bonds is 6. The third kappa shape index (κ3) is 5.04. The van der Waals surface area contributed by atoms with E-state index in [1.165, 1.54) is 23.5 Å². The molecule has 1 unspecified atom stereocenters. The van der Waals surface area contributed by atoms with Crippen LogP contribution < -0.4 is 5.32 Å². The fourth-order valence-corrected chi connectivity index (χ4v) is 5.45. The molecular weight excluding hydrogens is 472 g/mol. The van der Waals surface area contributed by atoms with Crippen LogP contribution in [0.25, 0.3) is 0 Å². The van der Waals surface area contributed by atoms with Crippen molar-refractivity contribution in [1.29, 1.82) is 5.26 Å². The zero-order chi connectivity index (χ0) is 24.2. The van der Waals surface area contributed by atoms with Crippen LogP contribution in [0.5, 0.6) is 0 Å². The van der Waals surface area contributed by atoms with Crippen LogP contribution in [0.4, 0.5) is 5.00 Å². The molecule has 4 rings (SSSR count). The summed E-state index contributed by atoms with van der Waals surface area (Å²) in [5.74, 6) is -1.14. The molecule has 1 aliphatic rings. The number of carbonyl (C=O) groups excluding carboxylic acids is 3. The second-order valence-corrected chi connectivity index (χ2v) is 9.72. The molecule has 3 aromatic rings. The first-order chi connectivity index (χ1) is 16.4. The zero-order valence-electron chi connectivity index (χ0n) is 18.4. The number of nitrogens with zero attached hydrogens (tertiary/aromatic N) is 1. The smallest absolute Gasteiger partial charge is 0.339 e. The number of ether oxygens (including phenoxy) is 1. The molecule has 0 aliphatic heterocycles. The van der Waals surface area contributed by atoms with Crippen molar-refractivity contribution in [3.8, 4) is 6.07 Å². The number of fused-ring (bicyclic) bond motifs is 1. The van der Waals surface area contributed by atoms with Gasteiger partial charge in [-0.1, -0.05) is 36.7 Å². The van der Waals surface area contributed by atoms with E-state index in [-0.39, 0.29) is 16.9 Å². The Kier molecular flexibility index (Phi) is 7.11. The monoisotopic (exact) mass is 492 g/mol. The summed E-state index contributed by atoms with van der Waals surface area (Å²) in [5.41, 5.74) is 2.11. The molecule has 0 spiro atoms. The molecule has 1 heterocycles. The van der Waals surface area contributed by atoms with Gasteiger partial charge in [-0.2, -0.15) is 5.26 Å². The summed E-state index contributed by atoms with van der Waals surface area (Å²) in [5, 5.41) is 13.3. The molecule has 2 aromatic carbocycles. The fourth-order valence-electron chi connectivity index (χ4n) is 3.94. The molecule has 1 aliphatic carbocycles. The van der Waals surface area contributed by atoms with E-state index >= 15 is 0 Å². The Morgan fingerprint density at radius 2 is 1.85 bits per heavy atom. The number of benzene rings is 2. The molecule has 1 N–H and O–H groups in total. The summed E-state index contributed by atoms with van der Waals surface area (Å²) in [6.07, 6.45) is 2.72. The third-order valence-electron chi connectivity index (χ3n) is 5.71. The van der Waals surface area contributed by atoms with Crippen LogP contribution >= 0.6 is 22.9 Å². The second kappa shape index (κ2) is 10.2. The van der Waals surface area contributed by atoms with Gasteiger partial charge >= 0.3 is 5.97 Å². The molecule has 0 saturated heterocycles. The lowest BCUT2D eigenvalue weighted by Gasteiger charge is -2.17. The van der Waals surface area contributed by atoms with E-state index in [9.17, 15) is 19.6 Å². The van der Waals surface area contributed by atoms with Gasteiger partial charge in [0.05, 0.1) is 11.1 Å². The van der Waals surface area contributed by atoms with Gasteiger partial charge in [0.2, 0.25) is 0 Å². The lowest BCUT2D eigenvalue weighted by atomic mass is 9.89. The molecule has 1 aromatic heterocycles. The largest absolute Gasteiger partial charge is 0.452 e. The van der Waals surface area contributed by atoms with E-state index in [2.05, 4.69) is 18.3 Å². The van der Waals surface area contributed by atoms with Crippen molar-refractivity contribution in [1.82, 2.24) is 0 Å². The van der Waals surface area contributed by atoms with Crippen LogP contribution in [-0.2, 0) is 22.4 Å². The molecule has 0 radical (unpaired) electrons. The summed E-state index contributed by atoms with van der Waals surface area (Å²) in [6, 6.07) is 14.8. The minimum absolute atomic E-state index is 0.0635. The van der Waals surface area contributed by atoms with E-state index in [1.54, 1.807) is 36.4 Å². The number of ketones is 1. The van der Waals surface area contributed by atoms with Crippen LogP contribution in [0, 0.1) is 17.2 Å². The molecule has 8 heteroatoms. The van der Waals surface area contributed by atoms with E-state index in [1.807, 2.05) is 0 Å². The van der Waals surface area contributed by atoms with Crippen LogP contribution in [0.1, 0.15) is 55.6 Å². The molecule has 6 nitrogen and oxygen atoms in total. The number of nitriles is 1. The normalized spacial score (nSPS) is 14.6. The number of carbonyl (C=O) groups is 3. The van der Waals surface area contributed by atoms with Gasteiger partial charge in [-0.25, -0.2) is 4.79 Å². The first kappa shape index (κ1) is 23.7. The maximum Gasteiger partial charge on any atom is 0.339 e. The highest BCUT2D eigenvalue weighted by Gasteiger charge is 2.25. The van der Waals surface area contributed by atoms with Crippen molar-refractivity contribution in [2.45, 2.75) is 26.2 Å². The standard InChI is InChI=1S/C26H21ClN2O4S/c1-15-6-11-18-21(13-28)25(34-22(18)12-15)29-23(30)14-33-26(32)20-5-3-2-4-19(20)24(31)16-7-9-17(27)10-8-16/h2-5,7-10,15H,6,11-12,14H2,1H3,(H,29,30). The Morgan fingerprint density at radius 3 is 2.56 bits per heavy atom. The van der Waals surface area contributed by atoms with E-state index in [0.29, 0.717) is 27.1 Å². The number of esters is 1. The van der Waals surface area contributed by atoms with Gasteiger partial charge in [0.1, 0.15) is 11.1 Å². The Hall–Kier alpha value is -3.47. The fraction of sp³-hybridized carbons (Fsp3) is 0.231. The van der Waals surface area contributed by atoms with Crippen molar-refractivity contribution in [3.05, 3.63) is 86.2 Å². The van der Waals surface area contributed by atoms with Crippen LogP contribution in [-0.4, -0.2) is 24.3 Å². The van der Waals surface area contributed by atoms with Crippen molar-refractivity contribution in [3.63, 3.8) is 0 Å². The number of hydrogen-bond acceptors (Lipinski definition) is 6. The van der Waals surface area contributed by atoms with Gasteiger partial charge in [0.25, 0.3) is 5.91 Å². The Morgan fingerprint density at radius 1 is 1.15 bits per heavy atom. The van der Waals surface area contributed by atoms with Gasteiger partial charge in [-0.15, -0.1) is 11.3 Å². The second-order valence-electron chi connectivity index (χ2n) is 8.17. The zero-order valence-corrected chi connectivity index (χ0v) is 20.0. The number of amides is 1. The summed E-state index contributed by atoms with van der Waals surface area (Å²) in [6.45, 7) is 1.63. The minimum atomic E-state index is -0.784. The molecule has 1 atom stereocenters. The Bertz CT molecular complexity index is 1310. The topological polar surface area (TPSA) is 96.3 Å². The van der Waals surface area contributed by atoms with Gasteiger partial charge in [0.15, 0.2) is 12.4 Å². The first-order valence-electron chi connectivity index (χ1n) is 10.8. The summed E-state index contributed by atoms with van der Waals surface area (Å²) >= 11 is 7.29. The maximum atomic E-state index is 12.9. The van der Waals surface area contributed by atoms with Crippen molar-refractivity contribution in [2.75, 3.05) is 11.9 Å². The van der Waals surface area contributed by atoms with Gasteiger partial charge in [-0.05, 0) is 61.1 Å². The molecule has 34 heavy (non-hydrogen) atoms. The third-order valence-corrected chi connectivity index (χ3v) is 7.13. The quantitative estimate of drug-likeness (QED) is 0.366. The van der Waals surface area contributed by atoms with Gasteiger partial charge < -0.3 is 10.1 Å². The van der Waals surface area contributed by atoms with Gasteiger partial charge in [0, 0.05) is 21.0 Å². The van der Waals surface area contributed by atoms with E-state index in [0.717, 1.165) is 29.7 Å². The Balaban J connectivity index is 1.44. The van der Waals surface area contributed by atoms with Crippen molar-refractivity contribution >= 4 is 45.6 Å². The highest BCUT2D eigenvalue weighted by Crippen LogP contribution is 2.39. The van der Waals surface area contributed by atoms with Crippen molar-refractivity contribution in [2.24, 2.45) is 5.92 Å². The highest BCUT2D eigenvalue weighted by molar-refractivity contribution is 7.16. The average Bonchev–Trinajstić information content (AvgIpc) is 3.18. The number of halogens is 1. The van der Waals surface area contributed by atoms with Crippen molar-refractivity contribution < 1.29 is 19.1 Å². The lowest BCUT2D eigenvalue weighted by molar-refractivity contribution is -0.119. The molecule has 1 amide bonds. The molecule has 0 bridgehead atoms. The SMILES string of the molecule is CC1CCc2c(sc(NC(=O)COC(=O)c3ccccc3C(=O)c3ccc(Cl)cc3)c2C#N)C1. The van der Waals surface area contributed by atoms with Crippen LogP contribution in [0.2, 0.25) is 5.02 Å². The van der Waals surface area contributed by atoms with Gasteiger partial charge in [-0.3, -0.25) is 9.59 Å². The molecule has 172 valence electrons. The van der Waals surface area contributed by atoms with E-state index in [4.69, 9.17) is 16.3 Å². The number of nitrogens with one attached hydrogen (secondary N) is 1. The average molecular weight is 493 g/mol. The highest BCUT2D eigenvalue weighted by atomic mass is 35.5. The van der Waals surface area contributed by atoms with E-state index < -0.39 is 18.5 Å².